The minimum absolute atomic E-state index is 0.144. The molecule has 4 nitrogen and oxygen atoms in total. The fourth-order valence-corrected chi connectivity index (χ4v) is 3.59. The second-order valence-electron chi connectivity index (χ2n) is 6.42. The second kappa shape index (κ2) is 5.54. The van der Waals surface area contributed by atoms with Crippen LogP contribution in [-0.2, 0) is 4.79 Å². The number of hydrogen-bond donors (Lipinski definition) is 1. The number of carbonyl (C=O) groups excluding carboxylic acids is 1. The van der Waals surface area contributed by atoms with Gasteiger partial charge >= 0.3 is 5.97 Å². The minimum Gasteiger partial charge on any atom is -0.480 e. The first kappa shape index (κ1) is 15.8. The smallest absolute Gasteiger partial charge is 0.326 e. The van der Waals surface area contributed by atoms with Gasteiger partial charge in [0.25, 0.3) is 5.91 Å². The van der Waals surface area contributed by atoms with Gasteiger partial charge in [-0.3, -0.25) is 4.79 Å². The van der Waals surface area contributed by atoms with E-state index in [9.17, 15) is 27.9 Å². The average molecular weight is 327 g/mol. The summed E-state index contributed by atoms with van der Waals surface area (Å²) in [6, 6.07) is -0.262. The Morgan fingerprint density at radius 2 is 1.74 bits per heavy atom. The van der Waals surface area contributed by atoms with Gasteiger partial charge in [-0.15, -0.1) is 0 Å². The third-order valence-corrected chi connectivity index (χ3v) is 5.01. The quantitative estimate of drug-likeness (QED) is 0.908. The average Bonchev–Trinajstić information content (AvgIpc) is 2.43. The van der Waals surface area contributed by atoms with E-state index in [4.69, 9.17) is 0 Å². The molecule has 2 aliphatic rings. The molecule has 1 aromatic rings. The van der Waals surface area contributed by atoms with Crippen LogP contribution in [-0.4, -0.2) is 34.5 Å². The maximum Gasteiger partial charge on any atom is 0.326 e. The van der Waals surface area contributed by atoms with Crippen LogP contribution in [0.5, 0.6) is 0 Å². The van der Waals surface area contributed by atoms with Crippen LogP contribution < -0.4 is 0 Å². The van der Waals surface area contributed by atoms with Crippen molar-refractivity contribution in [3.05, 3.63) is 35.1 Å². The van der Waals surface area contributed by atoms with Crippen LogP contribution in [0.2, 0.25) is 0 Å². The largest absolute Gasteiger partial charge is 0.480 e. The Morgan fingerprint density at radius 3 is 2.22 bits per heavy atom. The van der Waals surface area contributed by atoms with Crippen molar-refractivity contribution in [3.63, 3.8) is 0 Å². The van der Waals surface area contributed by atoms with Crippen LogP contribution in [0.25, 0.3) is 0 Å². The van der Waals surface area contributed by atoms with Crippen molar-refractivity contribution in [1.29, 1.82) is 0 Å². The summed E-state index contributed by atoms with van der Waals surface area (Å²) >= 11 is 0. The molecule has 1 aliphatic heterocycles. The molecule has 1 saturated heterocycles. The molecule has 23 heavy (non-hydrogen) atoms. The van der Waals surface area contributed by atoms with E-state index in [1.54, 1.807) is 0 Å². The number of halogens is 3. The summed E-state index contributed by atoms with van der Waals surface area (Å²) in [7, 11) is 0. The van der Waals surface area contributed by atoms with E-state index in [0.29, 0.717) is 18.6 Å². The van der Waals surface area contributed by atoms with Crippen molar-refractivity contribution in [1.82, 2.24) is 4.90 Å². The highest BCUT2D eigenvalue weighted by Crippen LogP contribution is 2.49. The summed E-state index contributed by atoms with van der Waals surface area (Å²) in [5.74, 6) is -5.98. The lowest BCUT2D eigenvalue weighted by molar-refractivity contribution is -0.146. The Hall–Kier alpha value is -2.05. The van der Waals surface area contributed by atoms with Gasteiger partial charge in [0, 0.05) is 18.7 Å². The minimum atomic E-state index is -1.31. The van der Waals surface area contributed by atoms with E-state index in [2.05, 4.69) is 0 Å². The van der Waals surface area contributed by atoms with Crippen molar-refractivity contribution in [2.75, 3.05) is 6.54 Å². The Labute approximate surface area is 130 Å². The van der Waals surface area contributed by atoms with Crippen LogP contribution in [0.1, 0.15) is 42.5 Å². The molecule has 1 amide bonds. The molecule has 1 aromatic carbocycles. The molecule has 1 heterocycles. The second-order valence-corrected chi connectivity index (χ2v) is 6.42. The predicted octanol–water partition coefficient (Wildman–Crippen LogP) is 2.96. The monoisotopic (exact) mass is 327 g/mol. The SMILES string of the molecule is O=C(O)C1CCC2(CCC2)CN1C(=O)c1c(F)cc(F)cc1F. The van der Waals surface area contributed by atoms with E-state index in [1.807, 2.05) is 0 Å². The number of rotatable bonds is 2. The summed E-state index contributed by atoms with van der Waals surface area (Å²) in [5, 5.41) is 9.31. The number of hydrogen-bond acceptors (Lipinski definition) is 2. The summed E-state index contributed by atoms with van der Waals surface area (Å²) in [4.78, 5) is 25.0. The molecule has 1 N–H and O–H groups in total. The molecule has 124 valence electrons. The van der Waals surface area contributed by atoms with E-state index in [1.165, 1.54) is 0 Å². The lowest BCUT2D eigenvalue weighted by Gasteiger charge is -2.50. The number of amides is 1. The van der Waals surface area contributed by atoms with E-state index >= 15 is 0 Å². The van der Waals surface area contributed by atoms with E-state index in [-0.39, 0.29) is 18.4 Å². The summed E-state index contributed by atoms with van der Waals surface area (Å²) in [6.45, 7) is 0.166. The standard InChI is InChI=1S/C16H16F3NO3/c17-9-6-10(18)13(11(19)7-9)14(21)20-8-16(3-1-4-16)5-2-12(20)15(22)23/h6-7,12H,1-5,8H2,(H,22,23). The van der Waals surface area contributed by atoms with Gasteiger partial charge in [-0.2, -0.15) is 0 Å². The van der Waals surface area contributed by atoms with Crippen LogP contribution in [0.15, 0.2) is 12.1 Å². The van der Waals surface area contributed by atoms with Gasteiger partial charge in [0.2, 0.25) is 0 Å². The third kappa shape index (κ3) is 2.68. The normalized spacial score (nSPS) is 22.7. The number of benzene rings is 1. The fraction of sp³-hybridized carbons (Fsp3) is 0.500. The molecule has 0 aromatic heterocycles. The number of piperidine rings is 1. The first-order valence-corrected chi connectivity index (χ1v) is 7.51. The van der Waals surface area contributed by atoms with Gasteiger partial charge < -0.3 is 10.0 Å². The molecule has 1 atom stereocenters. The van der Waals surface area contributed by atoms with Crippen LogP contribution in [0, 0.1) is 22.9 Å². The molecular weight excluding hydrogens is 311 g/mol. The van der Waals surface area contributed by atoms with E-state index in [0.717, 1.165) is 24.2 Å². The molecule has 1 unspecified atom stereocenters. The van der Waals surface area contributed by atoms with Crippen LogP contribution in [0.3, 0.4) is 0 Å². The lowest BCUT2D eigenvalue weighted by Crippen LogP contribution is -2.56. The van der Waals surface area contributed by atoms with Crippen molar-refractivity contribution in [3.8, 4) is 0 Å². The number of likely N-dealkylation sites (tertiary alicyclic amines) is 1. The van der Waals surface area contributed by atoms with Crippen LogP contribution >= 0.6 is 0 Å². The fourth-order valence-electron chi connectivity index (χ4n) is 3.59. The topological polar surface area (TPSA) is 57.6 Å². The summed E-state index contributed by atoms with van der Waals surface area (Å²) < 4.78 is 40.7. The van der Waals surface area contributed by atoms with Gasteiger partial charge in [-0.1, -0.05) is 6.42 Å². The number of carbonyl (C=O) groups is 2. The molecule has 1 saturated carbocycles. The number of carboxylic acids is 1. The van der Waals surface area contributed by atoms with Gasteiger partial charge in [-0.25, -0.2) is 18.0 Å². The molecule has 0 bridgehead atoms. The summed E-state index contributed by atoms with van der Waals surface area (Å²) in [6.07, 6.45) is 3.68. The van der Waals surface area contributed by atoms with E-state index < -0.39 is 40.9 Å². The zero-order valence-electron chi connectivity index (χ0n) is 12.3. The van der Waals surface area contributed by atoms with Crippen molar-refractivity contribution < 1.29 is 27.9 Å². The highest BCUT2D eigenvalue weighted by Gasteiger charge is 2.47. The molecule has 1 aliphatic carbocycles. The zero-order valence-corrected chi connectivity index (χ0v) is 12.3. The van der Waals surface area contributed by atoms with Crippen molar-refractivity contribution >= 4 is 11.9 Å². The molecule has 3 rings (SSSR count). The first-order chi connectivity index (χ1) is 10.8. The lowest BCUT2D eigenvalue weighted by atomic mass is 9.63. The Kier molecular flexibility index (Phi) is 3.82. The zero-order chi connectivity index (χ0) is 16.8. The molecule has 0 radical (unpaired) electrons. The van der Waals surface area contributed by atoms with Crippen LogP contribution in [0.4, 0.5) is 13.2 Å². The number of aliphatic carboxylic acids is 1. The number of carboxylic acid groups (broad SMARTS) is 1. The first-order valence-electron chi connectivity index (χ1n) is 7.51. The van der Waals surface area contributed by atoms with Crippen molar-refractivity contribution in [2.45, 2.75) is 38.1 Å². The van der Waals surface area contributed by atoms with Gasteiger partial charge in [0.15, 0.2) is 0 Å². The highest BCUT2D eigenvalue weighted by molar-refractivity contribution is 5.97. The Morgan fingerprint density at radius 1 is 1.13 bits per heavy atom. The predicted molar refractivity (Wildman–Crippen MR) is 74.3 cm³/mol. The molecular formula is C16H16F3NO3. The summed E-state index contributed by atoms with van der Waals surface area (Å²) in [5.41, 5.74) is -1.04. The number of nitrogens with zero attached hydrogens (tertiary/aromatic N) is 1. The van der Waals surface area contributed by atoms with Gasteiger partial charge in [0.05, 0.1) is 0 Å². The Bertz CT molecular complexity index is 650. The Balaban J connectivity index is 1.96. The molecule has 1 spiro atoms. The van der Waals surface area contributed by atoms with Gasteiger partial charge in [0.1, 0.15) is 29.1 Å². The van der Waals surface area contributed by atoms with Crippen molar-refractivity contribution in [2.24, 2.45) is 5.41 Å². The molecule has 7 heteroatoms. The highest BCUT2D eigenvalue weighted by atomic mass is 19.1. The third-order valence-electron chi connectivity index (χ3n) is 5.01. The molecule has 2 fully saturated rings. The maximum absolute atomic E-state index is 13.9. The maximum atomic E-state index is 13.9. The van der Waals surface area contributed by atoms with Gasteiger partial charge in [-0.05, 0) is 31.1 Å².